The van der Waals surface area contributed by atoms with Gasteiger partial charge in [0, 0.05) is 0 Å². The van der Waals surface area contributed by atoms with Crippen LogP contribution in [-0.2, 0) is 0 Å². The van der Waals surface area contributed by atoms with Crippen molar-refractivity contribution < 1.29 is 0 Å². The second-order valence-corrected chi connectivity index (χ2v) is 24.8. The molecule has 12 unspecified atom stereocenters. The van der Waals surface area contributed by atoms with Crippen LogP contribution in [0.3, 0.4) is 0 Å². The summed E-state index contributed by atoms with van der Waals surface area (Å²) < 4.78 is 0. The summed E-state index contributed by atoms with van der Waals surface area (Å²) in [5.41, 5.74) is 4.22. The molecule has 0 amide bonds. The molecular formula is C44H70Si. The normalized spacial score (nSPS) is 47.8. The van der Waals surface area contributed by atoms with Crippen LogP contribution in [-0.4, -0.2) is 8.80 Å². The van der Waals surface area contributed by atoms with Crippen molar-refractivity contribution in [3.8, 4) is 0 Å². The number of hydrogen-bond acceptors (Lipinski definition) is 0. The van der Waals surface area contributed by atoms with Crippen LogP contribution in [0.25, 0.3) is 0 Å². The fourth-order valence-corrected chi connectivity index (χ4v) is 21.1. The van der Waals surface area contributed by atoms with E-state index in [9.17, 15) is 0 Å². The Balaban J connectivity index is 1.25. The van der Waals surface area contributed by atoms with Gasteiger partial charge in [-0.25, -0.2) is 0 Å². The second-order valence-electron chi connectivity index (χ2n) is 21.4. The summed E-state index contributed by atoms with van der Waals surface area (Å²) >= 11 is 0. The van der Waals surface area contributed by atoms with Gasteiger partial charge >= 0.3 is 0 Å². The summed E-state index contributed by atoms with van der Waals surface area (Å²) in [4.78, 5) is 0. The average molecular weight is 627 g/mol. The van der Waals surface area contributed by atoms with E-state index in [1.165, 1.54) is 38.5 Å². The van der Waals surface area contributed by atoms with Crippen molar-refractivity contribution in [2.45, 2.75) is 156 Å². The third-order valence-electron chi connectivity index (χ3n) is 18.0. The van der Waals surface area contributed by atoms with Gasteiger partial charge in [-0.3, -0.25) is 0 Å². The van der Waals surface area contributed by atoms with Crippen molar-refractivity contribution in [1.82, 2.24) is 0 Å². The van der Waals surface area contributed by atoms with E-state index in [0.717, 1.165) is 70.3 Å². The number of hydrogen-bond donors (Lipinski definition) is 0. The third-order valence-corrected chi connectivity index (χ3v) is 22.7. The van der Waals surface area contributed by atoms with Gasteiger partial charge in [0.2, 0.25) is 0 Å². The average Bonchev–Trinajstić information content (AvgIpc) is 3.57. The highest BCUT2D eigenvalue weighted by Crippen LogP contribution is 2.73. The molecule has 7 saturated carbocycles. The molecule has 0 nitrogen and oxygen atoms in total. The molecule has 1 heteroatoms. The minimum Gasteiger partial charge on any atom is -0.0633 e. The molecule has 0 aliphatic heterocycles. The first-order valence-electron chi connectivity index (χ1n) is 20.3. The van der Waals surface area contributed by atoms with Crippen molar-refractivity contribution in [1.29, 1.82) is 0 Å². The van der Waals surface area contributed by atoms with E-state index in [1.807, 2.05) is 5.19 Å². The molecule has 0 N–H and O–H groups in total. The van der Waals surface area contributed by atoms with E-state index < -0.39 is 8.80 Å². The molecule has 45 heavy (non-hydrogen) atoms. The minimum atomic E-state index is -1.23. The highest BCUT2D eigenvalue weighted by Gasteiger charge is 2.65. The van der Waals surface area contributed by atoms with Crippen LogP contribution in [0.4, 0.5) is 0 Å². The molecule has 0 spiro atoms. The Hall–Kier alpha value is -0.563. The summed E-state index contributed by atoms with van der Waals surface area (Å²) in [7, 11) is -1.23. The molecule has 7 fully saturated rings. The molecular weight excluding hydrogens is 557 g/mol. The summed E-state index contributed by atoms with van der Waals surface area (Å²) in [5.74, 6) is 9.96. The lowest BCUT2D eigenvalue weighted by Crippen LogP contribution is -2.51. The van der Waals surface area contributed by atoms with Gasteiger partial charge in [0.15, 0.2) is 0 Å². The number of benzene rings is 1. The van der Waals surface area contributed by atoms with E-state index in [0.29, 0.717) is 21.7 Å². The molecule has 7 aliphatic rings. The zero-order valence-electron chi connectivity index (χ0n) is 30.8. The van der Waals surface area contributed by atoms with Gasteiger partial charge in [-0.05, 0) is 143 Å². The maximum absolute atomic E-state index is 2.70. The lowest BCUT2D eigenvalue weighted by Gasteiger charge is -2.59. The van der Waals surface area contributed by atoms with Gasteiger partial charge in [0.05, 0.1) is 8.80 Å². The molecule has 1 aromatic rings. The molecule has 1 aromatic carbocycles. The first kappa shape index (κ1) is 31.7. The Morgan fingerprint density at radius 1 is 0.489 bits per heavy atom. The van der Waals surface area contributed by atoms with Crippen LogP contribution in [0.15, 0.2) is 30.3 Å². The predicted octanol–water partition coefficient (Wildman–Crippen LogP) is 11.7. The van der Waals surface area contributed by atoms with Crippen molar-refractivity contribution in [3.05, 3.63) is 30.3 Å². The van der Waals surface area contributed by atoms with Gasteiger partial charge in [-0.1, -0.05) is 129 Å². The first-order chi connectivity index (χ1) is 21.3. The fourth-order valence-electron chi connectivity index (χ4n) is 15.4. The Morgan fingerprint density at radius 2 is 0.933 bits per heavy atom. The van der Waals surface area contributed by atoms with Crippen LogP contribution in [0.1, 0.15) is 145 Å². The lowest BCUT2D eigenvalue weighted by atomic mass is 9.46. The van der Waals surface area contributed by atoms with E-state index in [-0.39, 0.29) is 0 Å². The Bertz CT molecular complexity index is 1160. The van der Waals surface area contributed by atoms with E-state index in [2.05, 4.69) is 85.7 Å². The first-order valence-corrected chi connectivity index (χ1v) is 22.2. The number of rotatable bonds is 3. The molecule has 8 rings (SSSR count). The van der Waals surface area contributed by atoms with Crippen LogP contribution in [0.2, 0.25) is 11.1 Å². The smallest absolute Gasteiger partial charge is 0.0633 e. The Kier molecular flexibility index (Phi) is 7.73. The summed E-state index contributed by atoms with van der Waals surface area (Å²) in [6, 6.07) is 12.6. The molecule has 250 valence electrons. The van der Waals surface area contributed by atoms with Gasteiger partial charge in [-0.2, -0.15) is 0 Å². The van der Waals surface area contributed by atoms with Crippen LogP contribution in [0, 0.1) is 80.8 Å². The standard InChI is InChI=1S/C44H70Si/c1-41(2)20-22-43(5,6)37-26-33-31(24-35(37)41)32-25-36-38(44(7,8)23-21-42(36,3)4)27-34(32)40(33)45(29-15-10-9-11-16-29)39-19-18-28-14-12-13-17-30(28)39/h9-11,15-16,28,30-40,45H,12-14,17-27H2,1-8H3. The maximum Gasteiger partial charge on any atom is 0.0777 e. The van der Waals surface area contributed by atoms with E-state index in [4.69, 9.17) is 0 Å². The van der Waals surface area contributed by atoms with Crippen LogP contribution in [0.5, 0.6) is 0 Å². The SMILES string of the molecule is CC1(C)CCC(C)(C)C2CC3C(CC21)C1CC2C(CC1C3[SiH](c1ccccc1)C1CCC3CCCCC31)C(C)(C)CCC2(C)C. The zero-order valence-corrected chi connectivity index (χ0v) is 31.9. The molecule has 0 heterocycles. The molecule has 0 bridgehead atoms. The molecule has 12 atom stereocenters. The van der Waals surface area contributed by atoms with Gasteiger partial charge in [0.25, 0.3) is 0 Å². The van der Waals surface area contributed by atoms with Gasteiger partial charge < -0.3 is 0 Å². The van der Waals surface area contributed by atoms with Crippen molar-refractivity contribution in [3.63, 3.8) is 0 Å². The monoisotopic (exact) mass is 627 g/mol. The van der Waals surface area contributed by atoms with Crippen molar-refractivity contribution in [2.24, 2.45) is 80.8 Å². The van der Waals surface area contributed by atoms with Crippen molar-refractivity contribution in [2.75, 3.05) is 0 Å². The molecule has 7 aliphatic carbocycles. The van der Waals surface area contributed by atoms with E-state index in [1.54, 1.807) is 51.4 Å². The highest BCUT2D eigenvalue weighted by molar-refractivity contribution is 6.76. The molecule has 0 radical (unpaired) electrons. The van der Waals surface area contributed by atoms with Gasteiger partial charge in [0.1, 0.15) is 0 Å². The largest absolute Gasteiger partial charge is 0.0777 e. The second kappa shape index (κ2) is 11.0. The van der Waals surface area contributed by atoms with Crippen LogP contribution >= 0.6 is 0 Å². The Morgan fingerprint density at radius 3 is 1.42 bits per heavy atom. The third kappa shape index (κ3) is 5.06. The van der Waals surface area contributed by atoms with Crippen molar-refractivity contribution >= 4 is 14.0 Å². The fraction of sp³-hybridized carbons (Fsp3) is 0.864. The summed E-state index contributed by atoms with van der Waals surface area (Å²) in [5, 5.41) is 1.90. The summed E-state index contributed by atoms with van der Waals surface area (Å²) in [6.45, 7) is 21.6. The van der Waals surface area contributed by atoms with Gasteiger partial charge in [-0.15, -0.1) is 0 Å². The zero-order chi connectivity index (χ0) is 31.5. The molecule has 0 aromatic heterocycles. The highest BCUT2D eigenvalue weighted by atomic mass is 28.3. The molecule has 0 saturated heterocycles. The number of fused-ring (bicyclic) bond motifs is 6. The Labute approximate surface area is 280 Å². The summed E-state index contributed by atoms with van der Waals surface area (Å²) in [6.07, 6.45) is 21.5. The lowest BCUT2D eigenvalue weighted by molar-refractivity contribution is -0.0969. The van der Waals surface area contributed by atoms with E-state index >= 15 is 0 Å². The predicted molar refractivity (Wildman–Crippen MR) is 195 cm³/mol. The maximum atomic E-state index is 2.70. The minimum absolute atomic E-state index is 0.521. The topological polar surface area (TPSA) is 0 Å². The van der Waals surface area contributed by atoms with Crippen LogP contribution < -0.4 is 5.19 Å². The quantitative estimate of drug-likeness (QED) is 0.293.